The third-order valence-corrected chi connectivity index (χ3v) is 10.9. The Morgan fingerprint density at radius 3 is 1.28 bits per heavy atom. The van der Waals surface area contributed by atoms with E-state index in [1.807, 2.05) is 19.0 Å². The fourth-order valence-corrected chi connectivity index (χ4v) is 7.38. The van der Waals surface area contributed by atoms with E-state index in [1.54, 1.807) is 65.4 Å². The zero-order valence-corrected chi connectivity index (χ0v) is 39.5. The number of carbonyl (C=O) groups is 8. The minimum Gasteiger partial charge on any atom is -0.464 e. The van der Waals surface area contributed by atoms with E-state index in [0.717, 1.165) is 6.54 Å². The second-order valence-corrected chi connectivity index (χ2v) is 16.7. The second-order valence-electron chi connectivity index (χ2n) is 16.7. The summed E-state index contributed by atoms with van der Waals surface area (Å²) in [6.45, 7) is 0.0612. The molecule has 1 atom stereocenters. The molecule has 0 saturated heterocycles. The van der Waals surface area contributed by atoms with Gasteiger partial charge in [0.1, 0.15) is 34.2 Å². The normalized spacial score (nSPS) is 11.5. The molecule has 0 saturated carbocycles. The Morgan fingerprint density at radius 2 is 0.870 bits per heavy atom. The smallest absolute Gasteiger partial charge is 0.354 e. The van der Waals surface area contributed by atoms with E-state index in [9.17, 15) is 38.4 Å². The first-order valence-electron chi connectivity index (χ1n) is 21.3. The number of nitrogens with one attached hydrogen (secondary N) is 6. The molecule has 6 amide bonds. The molecule has 0 unspecified atom stereocenters. The summed E-state index contributed by atoms with van der Waals surface area (Å²) >= 11 is 0. The number of nitrogens with zero attached hydrogens (tertiary/aromatic N) is 7. The van der Waals surface area contributed by atoms with E-state index >= 15 is 4.39 Å². The SMILES string of the molecule is COC(=O)c1cc(NC(=O)c2cc(NC(=O)c3cc(NC(=O)[C@H](F)CNC(=O)c4cc(NC(=O)c5cc(NC(=O)c6cc(C(=O)CCCN(C)C)cn6C)cn5C)cn4C)cn3C)cn2C)cn1C. The van der Waals surface area contributed by atoms with Crippen molar-refractivity contribution in [2.45, 2.75) is 19.0 Å². The maximum Gasteiger partial charge on any atom is 0.354 e. The van der Waals surface area contributed by atoms with Crippen LogP contribution in [0.25, 0.3) is 0 Å². The average Bonchev–Trinajstić information content (AvgIpc) is 4.15. The minimum absolute atomic E-state index is 0.0474. The first kappa shape index (κ1) is 50.0. The van der Waals surface area contributed by atoms with E-state index in [0.29, 0.717) is 29.8 Å². The van der Waals surface area contributed by atoms with Crippen LogP contribution >= 0.6 is 0 Å². The van der Waals surface area contributed by atoms with Crippen LogP contribution in [0.15, 0.2) is 73.6 Å². The van der Waals surface area contributed by atoms with E-state index in [-0.39, 0.29) is 57.0 Å². The molecule has 0 aromatic carbocycles. The van der Waals surface area contributed by atoms with E-state index < -0.39 is 54.1 Å². The van der Waals surface area contributed by atoms with E-state index in [2.05, 4.69) is 31.9 Å². The van der Waals surface area contributed by atoms with Crippen LogP contribution < -0.4 is 31.9 Å². The molecule has 0 aliphatic rings. The molecule has 0 aliphatic carbocycles. The van der Waals surface area contributed by atoms with Crippen molar-refractivity contribution in [2.75, 3.05) is 60.9 Å². The van der Waals surface area contributed by atoms with Gasteiger partial charge in [0.25, 0.3) is 35.4 Å². The molecule has 364 valence electrons. The maximum absolute atomic E-state index is 15.1. The number of alkyl halides is 1. The molecule has 0 spiro atoms. The summed E-state index contributed by atoms with van der Waals surface area (Å²) < 4.78 is 28.8. The predicted molar refractivity (Wildman–Crippen MR) is 254 cm³/mol. The standard InChI is InChI=1S/C46H54FN13O9/c1-54(2)12-10-11-39(61)26-13-33(55(3)20-26)42(64)50-29-16-36(58(6)23-29)44(66)51-28-14-34(56(4)22-28)41(63)48-19-32(47)40(62)49-27-15-35(57(5)21-27)43(65)52-30-17-37(59(7)24-30)45(67)53-31-18-38(46(68)69-9)60(8)25-31/h13-18,20-25,32H,10-12,19H2,1-9H3,(H,48,63)(H,49,62)(H,50,64)(H,51,66)(H,52,65)(H,53,67)/t32-/m1/s1. The lowest BCUT2D eigenvalue weighted by molar-refractivity contribution is -0.120. The summed E-state index contributed by atoms with van der Waals surface area (Å²) in [4.78, 5) is 105. The Balaban J connectivity index is 0.978. The highest BCUT2D eigenvalue weighted by Gasteiger charge is 2.24. The zero-order chi connectivity index (χ0) is 50.4. The second kappa shape index (κ2) is 21.0. The number of anilines is 5. The van der Waals surface area contributed by atoms with Gasteiger partial charge in [0.05, 0.1) is 42.1 Å². The first-order valence-corrected chi connectivity index (χ1v) is 21.3. The van der Waals surface area contributed by atoms with Gasteiger partial charge in [-0.1, -0.05) is 0 Å². The van der Waals surface area contributed by atoms with Gasteiger partial charge in [-0.2, -0.15) is 0 Å². The molecule has 6 aromatic heterocycles. The van der Waals surface area contributed by atoms with E-state index in [4.69, 9.17) is 4.74 Å². The summed E-state index contributed by atoms with van der Waals surface area (Å²) in [5, 5.41) is 15.6. The molecule has 0 radical (unpaired) electrons. The predicted octanol–water partition coefficient (Wildman–Crippen LogP) is 3.74. The lowest BCUT2D eigenvalue weighted by Crippen LogP contribution is -2.37. The number of aromatic nitrogens is 6. The van der Waals surface area contributed by atoms with Gasteiger partial charge in [0, 0.05) is 91.5 Å². The number of hydrogen-bond acceptors (Lipinski definition) is 10. The van der Waals surface area contributed by atoms with Crippen LogP contribution in [0.4, 0.5) is 32.8 Å². The summed E-state index contributed by atoms with van der Waals surface area (Å²) in [6.07, 6.45) is 7.94. The van der Waals surface area contributed by atoms with Crippen molar-refractivity contribution in [3.8, 4) is 0 Å². The zero-order valence-electron chi connectivity index (χ0n) is 39.5. The number of ether oxygens (including phenoxy) is 1. The van der Waals surface area contributed by atoms with Crippen LogP contribution in [0.1, 0.15) is 86.1 Å². The molecule has 22 nitrogen and oxygen atoms in total. The minimum atomic E-state index is -2.20. The van der Waals surface area contributed by atoms with Crippen LogP contribution in [0, 0.1) is 0 Å². The molecule has 0 aliphatic heterocycles. The average molecular weight is 952 g/mol. The quantitative estimate of drug-likeness (QED) is 0.0507. The monoisotopic (exact) mass is 951 g/mol. The number of methoxy groups -OCH3 is 1. The summed E-state index contributed by atoms with van der Waals surface area (Å²) in [7, 11) is 14.7. The maximum atomic E-state index is 15.1. The number of amides is 6. The third kappa shape index (κ3) is 11.9. The Labute approximate surface area is 395 Å². The van der Waals surface area contributed by atoms with Gasteiger partial charge in [-0.25, -0.2) is 9.18 Å². The number of Topliss-reactive ketones (excluding diaryl/α,β-unsaturated/α-hetero) is 1. The Kier molecular flexibility index (Phi) is 15.2. The Morgan fingerprint density at radius 1 is 0.522 bits per heavy atom. The van der Waals surface area contributed by atoms with Crippen LogP contribution in [0.3, 0.4) is 0 Å². The summed E-state index contributed by atoms with van der Waals surface area (Å²) in [5.41, 5.74) is 2.73. The van der Waals surface area contributed by atoms with Crippen molar-refractivity contribution >= 4 is 75.6 Å². The lowest BCUT2D eigenvalue weighted by Gasteiger charge is -2.10. The van der Waals surface area contributed by atoms with Gasteiger partial charge < -0.3 is 68.9 Å². The van der Waals surface area contributed by atoms with Gasteiger partial charge >= 0.3 is 5.97 Å². The highest BCUT2D eigenvalue weighted by molar-refractivity contribution is 6.09. The van der Waals surface area contributed by atoms with Crippen molar-refractivity contribution < 1.29 is 47.5 Å². The Bertz CT molecular complexity index is 2980. The van der Waals surface area contributed by atoms with Gasteiger partial charge in [-0.15, -0.1) is 0 Å². The van der Waals surface area contributed by atoms with Gasteiger partial charge in [0.15, 0.2) is 12.0 Å². The molecule has 69 heavy (non-hydrogen) atoms. The van der Waals surface area contributed by atoms with Crippen LogP contribution in [0.5, 0.6) is 0 Å². The van der Waals surface area contributed by atoms with Crippen molar-refractivity contribution in [3.05, 3.63) is 113 Å². The van der Waals surface area contributed by atoms with Crippen molar-refractivity contribution in [3.63, 3.8) is 0 Å². The van der Waals surface area contributed by atoms with Crippen LogP contribution in [-0.4, -0.2) is 120 Å². The molecule has 0 fully saturated rings. The fourth-order valence-electron chi connectivity index (χ4n) is 7.38. The van der Waals surface area contributed by atoms with Crippen molar-refractivity contribution in [2.24, 2.45) is 42.3 Å². The number of carbonyl (C=O) groups excluding carboxylic acids is 8. The number of esters is 1. The molecule has 6 aromatic rings. The van der Waals surface area contributed by atoms with Gasteiger partial charge in [0.2, 0.25) is 0 Å². The number of rotatable bonds is 19. The van der Waals surface area contributed by atoms with E-state index in [1.165, 1.54) is 84.9 Å². The molecule has 6 N–H and O–H groups in total. The summed E-state index contributed by atoms with van der Waals surface area (Å²) in [5.74, 6) is -4.60. The third-order valence-electron chi connectivity index (χ3n) is 10.9. The van der Waals surface area contributed by atoms with Gasteiger partial charge in [-0.3, -0.25) is 33.6 Å². The number of ketones is 1. The van der Waals surface area contributed by atoms with Crippen LogP contribution in [0.2, 0.25) is 0 Å². The fraction of sp³-hybridized carbons (Fsp3) is 0.304. The molecule has 0 bridgehead atoms. The molecule has 23 heteroatoms. The molecular formula is C46H54FN13O9. The van der Waals surface area contributed by atoms with Crippen molar-refractivity contribution in [1.29, 1.82) is 0 Å². The van der Waals surface area contributed by atoms with Gasteiger partial charge in [-0.05, 0) is 63.5 Å². The molecular weight excluding hydrogens is 898 g/mol. The van der Waals surface area contributed by atoms with Crippen molar-refractivity contribution in [1.82, 2.24) is 37.6 Å². The number of halogens is 1. The largest absolute Gasteiger partial charge is 0.464 e. The first-order chi connectivity index (χ1) is 32.6. The summed E-state index contributed by atoms with van der Waals surface area (Å²) in [6, 6.07) is 8.62. The number of aryl methyl sites for hydroxylation is 6. The number of hydrogen-bond donors (Lipinski definition) is 6. The Hall–Kier alpha value is -8.47. The highest BCUT2D eigenvalue weighted by atomic mass is 19.1. The molecule has 6 rings (SSSR count). The lowest BCUT2D eigenvalue weighted by atomic mass is 10.1. The topological polar surface area (TPSA) is 251 Å². The van der Waals surface area contributed by atoms with Crippen LogP contribution in [-0.2, 0) is 51.8 Å². The molecule has 6 heterocycles. The highest BCUT2D eigenvalue weighted by Crippen LogP contribution is 2.22.